The van der Waals surface area contributed by atoms with Crippen LogP contribution in [0.1, 0.15) is 6.92 Å². The average Bonchev–Trinajstić information content (AvgIpc) is 2.52. The van der Waals surface area contributed by atoms with Crippen molar-refractivity contribution in [1.82, 2.24) is 20.4 Å². The van der Waals surface area contributed by atoms with Crippen LogP contribution >= 0.6 is 28.1 Å². The summed E-state index contributed by atoms with van der Waals surface area (Å²) < 4.78 is 2.85. The normalized spacial score (nSPS) is 9.86. The lowest BCUT2D eigenvalue weighted by atomic mass is 10.6. The van der Waals surface area contributed by atoms with Gasteiger partial charge in [0.15, 0.2) is 5.11 Å². The highest BCUT2D eigenvalue weighted by atomic mass is 79.9. The molecule has 78 valence electrons. The van der Waals surface area contributed by atoms with E-state index in [1.54, 1.807) is 6.20 Å². The van der Waals surface area contributed by atoms with Crippen LogP contribution in [0.25, 0.3) is 0 Å². The number of aromatic nitrogens is 2. The standard InChI is InChI=1S/C8H13BrN4S/c1-2-10-8(14)11-3-4-13-6-7(9)5-12-13/h5-6H,2-4H2,1H3,(H2,10,11,14). The zero-order valence-corrected chi connectivity index (χ0v) is 10.4. The van der Waals surface area contributed by atoms with Gasteiger partial charge in [-0.05, 0) is 35.1 Å². The number of hydrogen-bond acceptors (Lipinski definition) is 2. The van der Waals surface area contributed by atoms with E-state index in [9.17, 15) is 0 Å². The second-order valence-electron chi connectivity index (χ2n) is 2.71. The predicted octanol–water partition coefficient (Wildman–Crippen LogP) is 1.13. The number of rotatable bonds is 4. The molecule has 1 aromatic heterocycles. The highest BCUT2D eigenvalue weighted by Gasteiger charge is 1.95. The maximum Gasteiger partial charge on any atom is 0.166 e. The van der Waals surface area contributed by atoms with E-state index in [0.717, 1.165) is 24.1 Å². The molecule has 0 aliphatic rings. The third-order valence-corrected chi connectivity index (χ3v) is 2.26. The summed E-state index contributed by atoms with van der Waals surface area (Å²) in [6.45, 7) is 4.44. The van der Waals surface area contributed by atoms with Gasteiger partial charge in [0, 0.05) is 19.3 Å². The molecule has 0 radical (unpaired) electrons. The number of hydrogen-bond donors (Lipinski definition) is 2. The fourth-order valence-electron chi connectivity index (χ4n) is 0.968. The Hall–Kier alpha value is -0.620. The summed E-state index contributed by atoms with van der Waals surface area (Å²) in [6, 6.07) is 0. The Morgan fingerprint density at radius 1 is 1.64 bits per heavy atom. The fraction of sp³-hybridized carbons (Fsp3) is 0.500. The first kappa shape index (κ1) is 11.5. The van der Waals surface area contributed by atoms with Crippen LogP contribution in [0.15, 0.2) is 16.9 Å². The second-order valence-corrected chi connectivity index (χ2v) is 4.03. The first-order chi connectivity index (χ1) is 6.72. The van der Waals surface area contributed by atoms with Gasteiger partial charge in [-0.3, -0.25) is 4.68 Å². The summed E-state index contributed by atoms with van der Waals surface area (Å²) >= 11 is 8.35. The van der Waals surface area contributed by atoms with Crippen LogP contribution in [-0.4, -0.2) is 28.0 Å². The molecule has 0 fully saturated rings. The number of nitrogens with zero attached hydrogens (tertiary/aromatic N) is 2. The Morgan fingerprint density at radius 3 is 3.00 bits per heavy atom. The fourth-order valence-corrected chi connectivity index (χ4v) is 1.54. The summed E-state index contributed by atoms with van der Waals surface area (Å²) in [7, 11) is 0. The minimum atomic E-state index is 0.693. The summed E-state index contributed by atoms with van der Waals surface area (Å²) in [5.41, 5.74) is 0. The van der Waals surface area contributed by atoms with E-state index in [0.29, 0.717) is 5.11 Å². The third kappa shape index (κ3) is 4.06. The van der Waals surface area contributed by atoms with E-state index in [2.05, 4.69) is 31.7 Å². The zero-order chi connectivity index (χ0) is 10.4. The van der Waals surface area contributed by atoms with Crippen LogP contribution in [-0.2, 0) is 6.54 Å². The number of thiocarbonyl (C=S) groups is 1. The maximum atomic E-state index is 5.01. The molecule has 0 saturated heterocycles. The molecule has 1 aromatic rings. The Balaban J connectivity index is 2.18. The van der Waals surface area contributed by atoms with Crippen LogP contribution in [0, 0.1) is 0 Å². The summed E-state index contributed by atoms with van der Waals surface area (Å²) in [5.74, 6) is 0. The average molecular weight is 277 g/mol. The lowest BCUT2D eigenvalue weighted by Gasteiger charge is -2.08. The van der Waals surface area contributed by atoms with Crippen LogP contribution < -0.4 is 10.6 Å². The highest BCUT2D eigenvalue weighted by molar-refractivity contribution is 9.10. The Bertz CT molecular complexity index is 299. The van der Waals surface area contributed by atoms with E-state index in [-0.39, 0.29) is 0 Å². The minimum absolute atomic E-state index is 0.693. The van der Waals surface area contributed by atoms with Crippen LogP contribution in [0.2, 0.25) is 0 Å². The molecular formula is C8H13BrN4S. The van der Waals surface area contributed by atoms with Gasteiger partial charge in [0.1, 0.15) is 0 Å². The monoisotopic (exact) mass is 276 g/mol. The molecule has 0 amide bonds. The third-order valence-electron chi connectivity index (χ3n) is 1.57. The van der Waals surface area contributed by atoms with Gasteiger partial charge in [0.2, 0.25) is 0 Å². The quantitative estimate of drug-likeness (QED) is 0.810. The second kappa shape index (κ2) is 5.98. The highest BCUT2D eigenvalue weighted by Crippen LogP contribution is 2.05. The van der Waals surface area contributed by atoms with Gasteiger partial charge in [0.05, 0.1) is 17.2 Å². The Kier molecular flexibility index (Phi) is 4.89. The lowest BCUT2D eigenvalue weighted by molar-refractivity contribution is 0.601. The van der Waals surface area contributed by atoms with E-state index in [1.807, 2.05) is 17.8 Å². The van der Waals surface area contributed by atoms with Crippen molar-refractivity contribution in [3.8, 4) is 0 Å². The van der Waals surface area contributed by atoms with Crippen molar-refractivity contribution >= 4 is 33.3 Å². The van der Waals surface area contributed by atoms with E-state index in [4.69, 9.17) is 12.2 Å². The molecule has 1 heterocycles. The van der Waals surface area contributed by atoms with Crippen LogP contribution in [0.4, 0.5) is 0 Å². The SMILES string of the molecule is CCNC(=S)NCCn1cc(Br)cn1. The molecule has 0 aliphatic carbocycles. The maximum absolute atomic E-state index is 5.01. The first-order valence-corrected chi connectivity index (χ1v) is 5.62. The zero-order valence-electron chi connectivity index (χ0n) is 7.96. The summed E-state index contributed by atoms with van der Waals surface area (Å²) in [6.07, 6.45) is 3.70. The van der Waals surface area contributed by atoms with Crippen LogP contribution in [0.3, 0.4) is 0 Å². The van der Waals surface area contributed by atoms with Crippen molar-refractivity contribution in [2.75, 3.05) is 13.1 Å². The Morgan fingerprint density at radius 2 is 2.43 bits per heavy atom. The minimum Gasteiger partial charge on any atom is -0.363 e. The van der Waals surface area contributed by atoms with Gasteiger partial charge in [0.25, 0.3) is 0 Å². The molecule has 0 bridgehead atoms. The van der Waals surface area contributed by atoms with Gasteiger partial charge < -0.3 is 10.6 Å². The lowest BCUT2D eigenvalue weighted by Crippen LogP contribution is -2.36. The number of halogens is 1. The molecule has 0 aliphatic heterocycles. The predicted molar refractivity (Wildman–Crippen MR) is 64.2 cm³/mol. The van der Waals surface area contributed by atoms with Crippen molar-refractivity contribution in [3.63, 3.8) is 0 Å². The molecule has 0 saturated carbocycles. The molecule has 2 N–H and O–H groups in total. The summed E-state index contributed by atoms with van der Waals surface area (Å²) in [4.78, 5) is 0. The van der Waals surface area contributed by atoms with Gasteiger partial charge in [-0.25, -0.2) is 0 Å². The molecule has 4 nitrogen and oxygen atoms in total. The van der Waals surface area contributed by atoms with Crippen molar-refractivity contribution in [2.45, 2.75) is 13.5 Å². The molecule has 0 unspecified atom stereocenters. The molecule has 14 heavy (non-hydrogen) atoms. The van der Waals surface area contributed by atoms with Crippen molar-refractivity contribution in [2.24, 2.45) is 0 Å². The van der Waals surface area contributed by atoms with Crippen molar-refractivity contribution < 1.29 is 0 Å². The van der Waals surface area contributed by atoms with Gasteiger partial charge in [-0.2, -0.15) is 5.10 Å². The van der Waals surface area contributed by atoms with E-state index < -0.39 is 0 Å². The molecule has 0 spiro atoms. The largest absolute Gasteiger partial charge is 0.363 e. The molecular weight excluding hydrogens is 264 g/mol. The smallest absolute Gasteiger partial charge is 0.166 e. The van der Waals surface area contributed by atoms with E-state index in [1.165, 1.54) is 0 Å². The van der Waals surface area contributed by atoms with Gasteiger partial charge >= 0.3 is 0 Å². The molecule has 0 aromatic carbocycles. The molecule has 0 atom stereocenters. The van der Waals surface area contributed by atoms with Crippen LogP contribution in [0.5, 0.6) is 0 Å². The summed E-state index contributed by atoms with van der Waals surface area (Å²) in [5, 5.41) is 10.9. The molecule has 1 rings (SSSR count). The van der Waals surface area contributed by atoms with Crippen molar-refractivity contribution in [3.05, 3.63) is 16.9 Å². The first-order valence-electron chi connectivity index (χ1n) is 4.42. The van der Waals surface area contributed by atoms with Gasteiger partial charge in [-0.1, -0.05) is 0 Å². The molecule has 6 heteroatoms. The topological polar surface area (TPSA) is 41.9 Å². The Labute approximate surface area is 97.2 Å². The van der Waals surface area contributed by atoms with Crippen molar-refractivity contribution in [1.29, 1.82) is 0 Å². The number of nitrogens with one attached hydrogen (secondary N) is 2. The van der Waals surface area contributed by atoms with E-state index >= 15 is 0 Å². The van der Waals surface area contributed by atoms with Gasteiger partial charge in [-0.15, -0.1) is 0 Å².